The van der Waals surface area contributed by atoms with Gasteiger partial charge in [0.2, 0.25) is 29.5 Å². The van der Waals surface area contributed by atoms with Crippen LogP contribution in [0.25, 0.3) is 10.9 Å². The molecule has 9 atom stereocenters. The van der Waals surface area contributed by atoms with Gasteiger partial charge in [0.15, 0.2) is 5.96 Å². The molecule has 19 heteroatoms. The molecule has 0 spiro atoms. The minimum atomic E-state index is -1.45. The van der Waals surface area contributed by atoms with Gasteiger partial charge < -0.3 is 63.7 Å². The summed E-state index contributed by atoms with van der Waals surface area (Å²) in [5.41, 5.74) is 13.7. The molecular weight excluding hydrogens is 799 g/mol. The molecule has 62 heavy (non-hydrogen) atoms. The summed E-state index contributed by atoms with van der Waals surface area (Å²) in [5.74, 6) is -3.64. The van der Waals surface area contributed by atoms with Gasteiger partial charge in [-0.1, -0.05) is 55.5 Å². The fraction of sp³-hybridized carbons (Fsp3) is 0.535. The third kappa shape index (κ3) is 13.7. The normalized spacial score (nSPS) is 27.4. The first-order valence-electron chi connectivity index (χ1n) is 21.4. The smallest absolute Gasteiger partial charge is 0.243 e. The highest BCUT2D eigenvalue weighted by Crippen LogP contribution is 2.26. The molecule has 5 amide bonds. The van der Waals surface area contributed by atoms with E-state index in [1.807, 2.05) is 30.3 Å². The molecule has 2 saturated heterocycles. The van der Waals surface area contributed by atoms with Gasteiger partial charge in [-0.15, -0.1) is 0 Å². The number of carbonyl (C=O) groups is 5. The van der Waals surface area contributed by atoms with E-state index in [1.54, 1.807) is 37.4 Å². The topological polar surface area (TPSA) is 313 Å². The van der Waals surface area contributed by atoms with Gasteiger partial charge >= 0.3 is 0 Å². The number of aliphatic hydroxyl groups excluding tert-OH is 3. The largest absolute Gasteiger partial charge is 0.392 e. The first-order valence-corrected chi connectivity index (χ1v) is 21.4. The van der Waals surface area contributed by atoms with Gasteiger partial charge in [-0.2, -0.15) is 0 Å². The summed E-state index contributed by atoms with van der Waals surface area (Å²) in [6, 6.07) is 10.8. The standard InChI is InChI=1S/C43H63N11O8/c1-25-16-17-36(56)47-18-8-7-14-31(37(44)57)50-40(60)34(21-27-23-49-30-13-6-5-12-29(27)30)52-38(58)32(15-9-19-48-43(45)46)51-39(59)33(20-26-10-3-2-4-11-26)53-41(61)35-22-28(55)24-54(35)42(25)62/h2-6,10-13,23,25,28,31-35,37,42,49,55,57,62H,7-9,14-22,24,44H2,1H3,(H,47,56)(H,50,60)(H,51,59)(H,52,58)(H,53,61)(H4,45,46,48)/t25-,28+,31-,32-,33+,34-,35-,37-,42-/m0/s1. The Hall–Kier alpha value is -5.60. The van der Waals surface area contributed by atoms with Crippen LogP contribution in [-0.2, 0) is 36.8 Å². The first-order chi connectivity index (χ1) is 29.7. The highest BCUT2D eigenvalue weighted by Gasteiger charge is 2.42. The number of aliphatic hydroxyl groups is 3. The molecule has 3 aromatic rings. The van der Waals surface area contributed by atoms with E-state index >= 15 is 0 Å². The van der Waals surface area contributed by atoms with Crippen LogP contribution < -0.4 is 43.4 Å². The Morgan fingerprint density at radius 1 is 0.871 bits per heavy atom. The van der Waals surface area contributed by atoms with Crippen LogP contribution in [0, 0.1) is 11.3 Å². The van der Waals surface area contributed by atoms with E-state index in [1.165, 1.54) is 4.90 Å². The zero-order valence-electron chi connectivity index (χ0n) is 35.1. The Morgan fingerprint density at radius 2 is 1.53 bits per heavy atom. The van der Waals surface area contributed by atoms with Crippen LogP contribution in [0.2, 0.25) is 0 Å². The maximum Gasteiger partial charge on any atom is 0.243 e. The van der Waals surface area contributed by atoms with E-state index in [-0.39, 0.29) is 76.3 Å². The van der Waals surface area contributed by atoms with Gasteiger partial charge in [-0.25, -0.2) is 0 Å². The van der Waals surface area contributed by atoms with Crippen molar-refractivity contribution in [1.82, 2.24) is 41.8 Å². The van der Waals surface area contributed by atoms with Crippen molar-refractivity contribution in [2.24, 2.45) is 17.4 Å². The number of rotatable bonds is 9. The zero-order valence-corrected chi connectivity index (χ0v) is 35.1. The van der Waals surface area contributed by atoms with Crippen LogP contribution >= 0.6 is 0 Å². The lowest BCUT2D eigenvalue weighted by atomic mass is 10.0. The number of nitrogens with zero attached hydrogens (tertiary/aromatic N) is 1. The fourth-order valence-corrected chi connectivity index (χ4v) is 8.04. The Balaban J connectivity index is 1.48. The van der Waals surface area contributed by atoms with E-state index in [0.717, 1.165) is 16.5 Å². The molecule has 2 fully saturated rings. The number of aromatic amines is 1. The van der Waals surface area contributed by atoms with Crippen LogP contribution in [0.5, 0.6) is 0 Å². The SMILES string of the molecule is C[C@H]1CCC(=O)NCCCC[C@@H]([C@@H](N)O)NC(=O)[C@H](Cc2c[nH]c3ccccc23)NC(=O)[C@H](CCCNC(=N)N)NC(=O)[C@@H](Cc2ccccc2)NC(=O)[C@@H]2C[C@@H](O)CN2[C@H]1O. The maximum absolute atomic E-state index is 14.4. The van der Waals surface area contributed by atoms with Gasteiger partial charge in [0, 0.05) is 56.0 Å². The third-order valence-corrected chi connectivity index (χ3v) is 11.6. The number of para-hydroxylation sites is 1. The summed E-state index contributed by atoms with van der Waals surface area (Å²) in [4.78, 5) is 74.5. The first kappa shape index (κ1) is 47.4. The van der Waals surface area contributed by atoms with Crippen LogP contribution in [0.4, 0.5) is 0 Å². The Morgan fingerprint density at radius 3 is 2.27 bits per heavy atom. The van der Waals surface area contributed by atoms with Crippen molar-refractivity contribution in [2.75, 3.05) is 19.6 Å². The number of fused-ring (bicyclic) bond motifs is 2. The van der Waals surface area contributed by atoms with E-state index in [0.29, 0.717) is 24.9 Å². The molecule has 2 aliphatic rings. The Labute approximate surface area is 361 Å². The minimum Gasteiger partial charge on any atom is -0.392 e. The molecule has 2 aliphatic heterocycles. The zero-order chi connectivity index (χ0) is 44.8. The molecule has 0 aliphatic carbocycles. The van der Waals surface area contributed by atoms with E-state index < -0.39 is 78.3 Å². The fourth-order valence-electron chi connectivity index (χ4n) is 8.04. The van der Waals surface area contributed by atoms with Crippen LogP contribution in [-0.4, -0.2) is 129 Å². The van der Waals surface area contributed by atoms with Crippen molar-refractivity contribution in [3.05, 3.63) is 71.9 Å². The number of nitrogens with one attached hydrogen (secondary N) is 8. The number of guanidine groups is 1. The maximum atomic E-state index is 14.4. The number of aromatic nitrogens is 1. The second-order valence-electron chi connectivity index (χ2n) is 16.4. The number of amides is 5. The third-order valence-electron chi connectivity index (χ3n) is 11.6. The van der Waals surface area contributed by atoms with E-state index in [4.69, 9.17) is 16.9 Å². The van der Waals surface area contributed by atoms with Gasteiger partial charge in [-0.05, 0) is 68.1 Å². The van der Waals surface area contributed by atoms with Crippen molar-refractivity contribution >= 4 is 46.4 Å². The van der Waals surface area contributed by atoms with Crippen molar-refractivity contribution in [2.45, 2.75) is 120 Å². The highest BCUT2D eigenvalue weighted by atomic mass is 16.3. The highest BCUT2D eigenvalue weighted by molar-refractivity contribution is 5.95. The molecule has 2 aromatic carbocycles. The second kappa shape index (κ2) is 23.0. The van der Waals surface area contributed by atoms with Crippen molar-refractivity contribution in [1.29, 1.82) is 5.41 Å². The number of benzene rings is 2. The summed E-state index contributed by atoms with van der Waals surface area (Å²) in [6.45, 7) is 2.25. The molecule has 338 valence electrons. The lowest BCUT2D eigenvalue weighted by Crippen LogP contribution is -2.60. The summed E-state index contributed by atoms with van der Waals surface area (Å²) in [7, 11) is 0. The predicted molar refractivity (Wildman–Crippen MR) is 232 cm³/mol. The molecule has 0 unspecified atom stereocenters. The molecule has 1 aromatic heterocycles. The van der Waals surface area contributed by atoms with Gasteiger partial charge in [-0.3, -0.25) is 34.3 Å². The second-order valence-corrected chi connectivity index (χ2v) is 16.4. The summed E-state index contributed by atoms with van der Waals surface area (Å²) < 4.78 is 0. The molecule has 3 heterocycles. The number of hydrogen-bond acceptors (Lipinski definition) is 11. The van der Waals surface area contributed by atoms with Gasteiger partial charge in [0.25, 0.3) is 0 Å². The summed E-state index contributed by atoms with van der Waals surface area (Å²) >= 11 is 0. The van der Waals surface area contributed by atoms with Crippen molar-refractivity contribution < 1.29 is 39.3 Å². The van der Waals surface area contributed by atoms with Crippen molar-refractivity contribution in [3.8, 4) is 0 Å². The Bertz CT molecular complexity index is 1980. The number of H-pyrrole nitrogens is 1. The molecule has 0 saturated carbocycles. The van der Waals surface area contributed by atoms with E-state index in [9.17, 15) is 39.3 Å². The molecule has 0 bridgehead atoms. The lowest BCUT2D eigenvalue weighted by Gasteiger charge is -2.33. The molecular formula is C43H63N11O8. The predicted octanol–water partition coefficient (Wildman–Crippen LogP) is -1.10. The monoisotopic (exact) mass is 861 g/mol. The van der Waals surface area contributed by atoms with Crippen LogP contribution in [0.15, 0.2) is 60.8 Å². The van der Waals surface area contributed by atoms with Crippen LogP contribution in [0.1, 0.15) is 69.4 Å². The molecule has 5 rings (SSSR count). The molecule has 0 radical (unpaired) electrons. The average molecular weight is 862 g/mol. The molecule has 15 N–H and O–H groups in total. The van der Waals surface area contributed by atoms with Crippen molar-refractivity contribution in [3.63, 3.8) is 0 Å². The Kier molecular flexibility index (Phi) is 17.6. The van der Waals surface area contributed by atoms with Crippen LogP contribution in [0.3, 0.4) is 0 Å². The quantitative estimate of drug-likeness (QED) is 0.0528. The minimum absolute atomic E-state index is 0.00628. The van der Waals surface area contributed by atoms with Gasteiger partial charge in [0.1, 0.15) is 30.6 Å². The lowest BCUT2D eigenvalue weighted by molar-refractivity contribution is -0.137. The summed E-state index contributed by atoms with van der Waals surface area (Å²) in [6.07, 6.45) is 0.133. The average Bonchev–Trinajstić information content (AvgIpc) is 3.85. The number of nitrogens with two attached hydrogens (primary N) is 2. The molecule has 19 nitrogen and oxygen atoms in total. The van der Waals surface area contributed by atoms with E-state index in [2.05, 4.69) is 36.9 Å². The summed E-state index contributed by atoms with van der Waals surface area (Å²) in [5, 5.41) is 57.9. The number of carbonyl (C=O) groups excluding carboxylic acids is 5. The number of hydrogen-bond donors (Lipinski definition) is 13. The van der Waals surface area contributed by atoms with Gasteiger partial charge in [0.05, 0.1) is 18.2 Å².